The Kier molecular flexibility index (Phi) is 7.34. The molecule has 218 valence electrons. The molecule has 1 fully saturated rings. The van der Waals surface area contributed by atoms with Gasteiger partial charge in [0, 0.05) is 46.5 Å². The largest absolute Gasteiger partial charge is 0.497 e. The number of amides is 1. The lowest BCUT2D eigenvalue weighted by molar-refractivity contribution is -0.127. The van der Waals surface area contributed by atoms with Gasteiger partial charge in [-0.25, -0.2) is 22.7 Å². The standard InChI is InChI=1S/C29H27ClN4O6S2/c1-38-19-9-11-25(24(17-19)39-2)42(36,37)34-22-10-8-18(30)16-21(22)29(28(34)35,20-6-4-12-31-26(20)40-3)33-14-5-7-23(33)27-32-13-15-41-27/h4,6,8-13,15-17,23H,5,7,14H2,1-3H3/t23?,29-/m0/s1. The molecule has 1 saturated heterocycles. The summed E-state index contributed by atoms with van der Waals surface area (Å²) in [6.45, 7) is 0.486. The zero-order chi connectivity index (χ0) is 29.6. The van der Waals surface area contributed by atoms with Gasteiger partial charge in [0.15, 0.2) is 5.54 Å². The molecule has 1 unspecified atom stereocenters. The molecule has 2 aliphatic heterocycles. The summed E-state index contributed by atoms with van der Waals surface area (Å²) in [5, 5.41) is 3.06. The van der Waals surface area contributed by atoms with Crippen molar-refractivity contribution in [1.82, 2.24) is 14.9 Å². The summed E-state index contributed by atoms with van der Waals surface area (Å²) < 4.78 is 46.4. The van der Waals surface area contributed by atoms with Crippen LogP contribution in [0.1, 0.15) is 35.0 Å². The van der Waals surface area contributed by atoms with Crippen molar-refractivity contribution in [3.8, 4) is 17.4 Å². The van der Waals surface area contributed by atoms with Gasteiger partial charge in [-0.05, 0) is 55.3 Å². The fourth-order valence-electron chi connectivity index (χ4n) is 6.02. The molecule has 0 saturated carbocycles. The maximum absolute atomic E-state index is 15.2. The van der Waals surface area contributed by atoms with Crippen LogP contribution in [0.25, 0.3) is 0 Å². The van der Waals surface area contributed by atoms with Crippen LogP contribution in [0.2, 0.25) is 5.02 Å². The smallest absolute Gasteiger partial charge is 0.274 e. The molecule has 0 spiro atoms. The minimum atomic E-state index is -4.52. The van der Waals surface area contributed by atoms with E-state index in [0.717, 1.165) is 22.2 Å². The molecule has 13 heteroatoms. The molecule has 10 nitrogen and oxygen atoms in total. The third-order valence-corrected chi connectivity index (χ3v) is 10.6. The summed E-state index contributed by atoms with van der Waals surface area (Å²) in [6, 6.07) is 12.3. The average molecular weight is 627 g/mol. The average Bonchev–Trinajstić information content (AvgIpc) is 3.75. The van der Waals surface area contributed by atoms with E-state index in [2.05, 4.69) is 9.97 Å². The number of aromatic nitrogens is 2. The van der Waals surface area contributed by atoms with Crippen LogP contribution in [0.15, 0.2) is 71.2 Å². The molecule has 0 aliphatic carbocycles. The van der Waals surface area contributed by atoms with E-state index in [1.54, 1.807) is 42.7 Å². The number of fused-ring (bicyclic) bond motifs is 1. The predicted molar refractivity (Wildman–Crippen MR) is 158 cm³/mol. The predicted octanol–water partition coefficient (Wildman–Crippen LogP) is 5.03. The Morgan fingerprint density at radius 1 is 1.00 bits per heavy atom. The van der Waals surface area contributed by atoms with Gasteiger partial charge in [-0.1, -0.05) is 11.6 Å². The van der Waals surface area contributed by atoms with Crippen LogP contribution in [-0.4, -0.2) is 57.1 Å². The number of rotatable bonds is 8. The number of methoxy groups -OCH3 is 3. The molecule has 0 N–H and O–H groups in total. The minimum Gasteiger partial charge on any atom is -0.497 e. The van der Waals surface area contributed by atoms with Crippen molar-refractivity contribution < 1.29 is 27.4 Å². The van der Waals surface area contributed by atoms with Gasteiger partial charge in [0.2, 0.25) is 5.88 Å². The second kappa shape index (κ2) is 10.8. The number of halogens is 1. The van der Waals surface area contributed by atoms with Gasteiger partial charge in [0.05, 0.1) is 33.1 Å². The van der Waals surface area contributed by atoms with Gasteiger partial charge in [-0.2, -0.15) is 0 Å². The summed E-state index contributed by atoms with van der Waals surface area (Å²) in [7, 11) is -0.221. The molecule has 0 bridgehead atoms. The van der Waals surface area contributed by atoms with Gasteiger partial charge in [-0.3, -0.25) is 9.69 Å². The number of hydrogen-bond donors (Lipinski definition) is 0. The van der Waals surface area contributed by atoms with Crippen LogP contribution in [0, 0.1) is 0 Å². The van der Waals surface area contributed by atoms with Crippen molar-refractivity contribution in [2.24, 2.45) is 0 Å². The number of carbonyl (C=O) groups is 1. The summed E-state index contributed by atoms with van der Waals surface area (Å²) in [5.41, 5.74) is -0.660. The van der Waals surface area contributed by atoms with Crippen LogP contribution < -0.4 is 18.5 Å². The Labute approximate surface area is 252 Å². The summed E-state index contributed by atoms with van der Waals surface area (Å²) in [5.74, 6) is -0.0604. The van der Waals surface area contributed by atoms with E-state index < -0.39 is 21.5 Å². The van der Waals surface area contributed by atoms with E-state index in [-0.39, 0.29) is 28.3 Å². The Balaban J connectivity index is 1.66. The van der Waals surface area contributed by atoms with Crippen molar-refractivity contribution in [1.29, 1.82) is 0 Å². The number of likely N-dealkylation sites (tertiary alicyclic amines) is 1. The molecule has 4 heterocycles. The lowest BCUT2D eigenvalue weighted by Crippen LogP contribution is -2.54. The Morgan fingerprint density at radius 2 is 1.83 bits per heavy atom. The van der Waals surface area contributed by atoms with Crippen molar-refractivity contribution in [2.75, 3.05) is 32.2 Å². The van der Waals surface area contributed by atoms with Crippen LogP contribution >= 0.6 is 22.9 Å². The molecule has 2 aromatic heterocycles. The number of thiazole rings is 1. The van der Waals surface area contributed by atoms with E-state index in [1.807, 2.05) is 10.3 Å². The van der Waals surface area contributed by atoms with E-state index in [0.29, 0.717) is 28.4 Å². The first-order chi connectivity index (χ1) is 20.3. The molecule has 6 rings (SSSR count). The lowest BCUT2D eigenvalue weighted by Gasteiger charge is -2.41. The molecule has 2 atom stereocenters. The van der Waals surface area contributed by atoms with Crippen molar-refractivity contribution >= 4 is 44.6 Å². The number of nitrogens with zero attached hydrogens (tertiary/aromatic N) is 4. The van der Waals surface area contributed by atoms with Gasteiger partial charge < -0.3 is 14.2 Å². The first-order valence-corrected chi connectivity index (χ1v) is 15.8. The molecule has 0 radical (unpaired) electrons. The maximum Gasteiger partial charge on any atom is 0.274 e. The fourth-order valence-corrected chi connectivity index (χ4v) is 8.58. The topological polar surface area (TPSA) is 111 Å². The highest BCUT2D eigenvalue weighted by Crippen LogP contribution is 2.57. The zero-order valence-corrected chi connectivity index (χ0v) is 25.4. The Hall–Kier alpha value is -3.71. The van der Waals surface area contributed by atoms with E-state index in [9.17, 15) is 8.42 Å². The number of pyridine rings is 1. The number of anilines is 1. The SMILES string of the molecule is COc1ccc(S(=O)(=O)N2C(=O)[C@@](c3cccnc3OC)(N3CCCC3c3nccs3)c3cc(Cl)ccc32)c(OC)c1. The van der Waals surface area contributed by atoms with E-state index >= 15 is 4.79 Å². The van der Waals surface area contributed by atoms with Gasteiger partial charge in [0.25, 0.3) is 15.9 Å². The van der Waals surface area contributed by atoms with Crippen molar-refractivity contribution in [3.05, 3.63) is 87.5 Å². The molecule has 1 amide bonds. The molecule has 4 aromatic rings. The zero-order valence-electron chi connectivity index (χ0n) is 23.0. The van der Waals surface area contributed by atoms with Crippen LogP contribution in [0.3, 0.4) is 0 Å². The highest BCUT2D eigenvalue weighted by molar-refractivity contribution is 7.93. The first-order valence-electron chi connectivity index (χ1n) is 13.1. The van der Waals surface area contributed by atoms with E-state index in [4.69, 9.17) is 25.8 Å². The Bertz CT molecular complexity index is 1770. The monoisotopic (exact) mass is 626 g/mol. The third-order valence-electron chi connectivity index (χ3n) is 7.72. The summed E-state index contributed by atoms with van der Waals surface area (Å²) >= 11 is 8.06. The highest BCUT2D eigenvalue weighted by atomic mass is 35.5. The number of benzene rings is 2. The summed E-state index contributed by atoms with van der Waals surface area (Å²) in [4.78, 5) is 26.0. The molecular weight excluding hydrogens is 600 g/mol. The number of hydrogen-bond acceptors (Lipinski definition) is 10. The molecule has 2 aromatic carbocycles. The fraction of sp³-hybridized carbons (Fsp3) is 0.276. The minimum absolute atomic E-state index is 0.0379. The number of sulfonamides is 1. The number of carbonyl (C=O) groups excluding carboxylic acids is 1. The van der Waals surface area contributed by atoms with Crippen molar-refractivity contribution in [2.45, 2.75) is 29.3 Å². The molecular formula is C29H27ClN4O6S2. The second-order valence-corrected chi connectivity index (χ2v) is 12.9. The van der Waals surface area contributed by atoms with Gasteiger partial charge in [-0.15, -0.1) is 11.3 Å². The van der Waals surface area contributed by atoms with E-state index in [1.165, 1.54) is 50.9 Å². The lowest BCUT2D eigenvalue weighted by atomic mass is 9.82. The quantitative estimate of drug-likeness (QED) is 0.266. The Morgan fingerprint density at radius 3 is 2.55 bits per heavy atom. The van der Waals surface area contributed by atoms with Gasteiger partial charge in [0.1, 0.15) is 21.4 Å². The third kappa shape index (κ3) is 4.16. The highest BCUT2D eigenvalue weighted by Gasteiger charge is 2.63. The molecule has 42 heavy (non-hydrogen) atoms. The van der Waals surface area contributed by atoms with Crippen molar-refractivity contribution in [3.63, 3.8) is 0 Å². The van der Waals surface area contributed by atoms with Gasteiger partial charge >= 0.3 is 0 Å². The summed E-state index contributed by atoms with van der Waals surface area (Å²) in [6.07, 6.45) is 4.77. The van der Waals surface area contributed by atoms with Crippen LogP contribution in [-0.2, 0) is 20.4 Å². The molecule has 2 aliphatic rings. The second-order valence-electron chi connectivity index (χ2n) is 9.75. The normalized spacial score (nSPS) is 20.5. The maximum atomic E-state index is 15.2. The van der Waals surface area contributed by atoms with Crippen LogP contribution in [0.4, 0.5) is 5.69 Å². The van der Waals surface area contributed by atoms with Crippen LogP contribution in [0.5, 0.6) is 17.4 Å². The first kappa shape index (κ1) is 28.4. The number of ether oxygens (including phenoxy) is 3.